The van der Waals surface area contributed by atoms with Crippen molar-refractivity contribution in [2.45, 2.75) is 0 Å². The van der Waals surface area contributed by atoms with Crippen molar-refractivity contribution in [1.29, 1.82) is 0 Å². The fourth-order valence-corrected chi connectivity index (χ4v) is 1.86. The molecule has 0 saturated heterocycles. The number of anilines is 2. The van der Waals surface area contributed by atoms with Crippen LogP contribution < -0.4 is 10.1 Å². The first-order chi connectivity index (χ1) is 8.85. The molecule has 0 amide bonds. The highest BCUT2D eigenvalue weighted by Crippen LogP contribution is 2.22. The number of benzene rings is 2. The molecule has 2 aromatic carbocycles. The molecule has 18 heavy (non-hydrogen) atoms. The predicted octanol–water partition coefficient (Wildman–Crippen LogP) is 3.32. The van der Waals surface area contributed by atoms with Crippen LogP contribution in [0.15, 0.2) is 48.7 Å². The van der Waals surface area contributed by atoms with Gasteiger partial charge >= 0.3 is 0 Å². The Hall–Kier alpha value is -2.49. The number of H-pyrrole nitrogens is 1. The number of rotatable bonds is 3. The quantitative estimate of drug-likeness (QED) is 0.737. The average Bonchev–Trinajstić information content (AvgIpc) is 2.87. The van der Waals surface area contributed by atoms with Gasteiger partial charge in [0, 0.05) is 16.8 Å². The molecule has 1 heterocycles. The normalized spacial score (nSPS) is 10.5. The second kappa shape index (κ2) is 4.41. The van der Waals surface area contributed by atoms with Gasteiger partial charge in [0.1, 0.15) is 5.75 Å². The van der Waals surface area contributed by atoms with E-state index < -0.39 is 0 Å². The maximum atomic E-state index is 5.13. The number of methoxy groups -OCH3 is 1. The van der Waals surface area contributed by atoms with Gasteiger partial charge in [-0.2, -0.15) is 5.10 Å². The second-order valence-electron chi connectivity index (χ2n) is 4.03. The maximum Gasteiger partial charge on any atom is 0.119 e. The van der Waals surface area contributed by atoms with Crippen LogP contribution in [0.2, 0.25) is 0 Å². The van der Waals surface area contributed by atoms with Crippen LogP contribution in [0.5, 0.6) is 5.75 Å². The van der Waals surface area contributed by atoms with E-state index in [9.17, 15) is 0 Å². The predicted molar refractivity (Wildman–Crippen MR) is 72.4 cm³/mol. The highest BCUT2D eigenvalue weighted by molar-refractivity contribution is 5.82. The topological polar surface area (TPSA) is 49.9 Å². The van der Waals surface area contributed by atoms with E-state index in [0.717, 1.165) is 28.0 Å². The largest absolute Gasteiger partial charge is 0.497 e. The first-order valence-corrected chi connectivity index (χ1v) is 5.69. The van der Waals surface area contributed by atoms with Crippen LogP contribution in [0.4, 0.5) is 11.4 Å². The van der Waals surface area contributed by atoms with E-state index in [1.165, 1.54) is 0 Å². The lowest BCUT2D eigenvalue weighted by molar-refractivity contribution is 0.415. The van der Waals surface area contributed by atoms with E-state index in [1.54, 1.807) is 7.11 Å². The Bertz CT molecular complexity index is 658. The molecule has 1 aromatic heterocycles. The lowest BCUT2D eigenvalue weighted by atomic mass is 10.2. The number of aromatic nitrogens is 2. The van der Waals surface area contributed by atoms with Crippen LogP contribution in [0, 0.1) is 0 Å². The summed E-state index contributed by atoms with van der Waals surface area (Å²) in [4.78, 5) is 0. The smallest absolute Gasteiger partial charge is 0.119 e. The third-order valence-corrected chi connectivity index (χ3v) is 2.82. The standard InChI is InChI=1S/C14H13N3O/c1-18-13-5-2-11(3-6-13)16-12-4-7-14-10(8-12)9-15-17-14/h2-9,16H,1H3,(H,15,17). The molecule has 0 aliphatic rings. The molecule has 0 unspecified atom stereocenters. The highest BCUT2D eigenvalue weighted by Gasteiger charge is 1.99. The number of nitrogens with zero attached hydrogens (tertiary/aromatic N) is 1. The molecule has 90 valence electrons. The van der Waals surface area contributed by atoms with E-state index in [0.29, 0.717) is 0 Å². The summed E-state index contributed by atoms with van der Waals surface area (Å²) >= 11 is 0. The number of aromatic amines is 1. The number of ether oxygens (including phenoxy) is 1. The number of hydrogen-bond acceptors (Lipinski definition) is 3. The highest BCUT2D eigenvalue weighted by atomic mass is 16.5. The van der Waals surface area contributed by atoms with Gasteiger partial charge in [0.15, 0.2) is 0 Å². The molecule has 2 N–H and O–H groups in total. The molecular weight excluding hydrogens is 226 g/mol. The number of nitrogens with one attached hydrogen (secondary N) is 2. The molecular formula is C14H13N3O. The van der Waals surface area contributed by atoms with Gasteiger partial charge in [0.2, 0.25) is 0 Å². The summed E-state index contributed by atoms with van der Waals surface area (Å²) in [6.45, 7) is 0. The van der Waals surface area contributed by atoms with Gasteiger partial charge < -0.3 is 10.1 Å². The molecule has 0 atom stereocenters. The maximum absolute atomic E-state index is 5.13. The third-order valence-electron chi connectivity index (χ3n) is 2.82. The molecule has 0 bridgehead atoms. The van der Waals surface area contributed by atoms with Crippen LogP contribution in [-0.2, 0) is 0 Å². The van der Waals surface area contributed by atoms with E-state index in [4.69, 9.17) is 4.74 Å². The zero-order chi connectivity index (χ0) is 12.4. The molecule has 3 aromatic rings. The van der Waals surface area contributed by atoms with Crippen molar-refractivity contribution in [1.82, 2.24) is 10.2 Å². The minimum absolute atomic E-state index is 0.853. The molecule has 4 nitrogen and oxygen atoms in total. The summed E-state index contributed by atoms with van der Waals surface area (Å²) in [6, 6.07) is 13.9. The Morgan fingerprint density at radius 2 is 1.83 bits per heavy atom. The minimum Gasteiger partial charge on any atom is -0.497 e. The lowest BCUT2D eigenvalue weighted by Crippen LogP contribution is -1.90. The molecule has 0 aliphatic carbocycles. The molecule has 0 spiro atoms. The van der Waals surface area contributed by atoms with Crippen molar-refractivity contribution in [3.8, 4) is 5.75 Å². The Kier molecular flexibility index (Phi) is 2.61. The first-order valence-electron chi connectivity index (χ1n) is 5.69. The van der Waals surface area contributed by atoms with E-state index in [2.05, 4.69) is 21.6 Å². The van der Waals surface area contributed by atoms with E-state index in [-0.39, 0.29) is 0 Å². The zero-order valence-corrected chi connectivity index (χ0v) is 9.97. The van der Waals surface area contributed by atoms with Gasteiger partial charge in [-0.05, 0) is 42.5 Å². The first kappa shape index (κ1) is 10.7. The van der Waals surface area contributed by atoms with Crippen molar-refractivity contribution in [2.75, 3.05) is 12.4 Å². The van der Waals surface area contributed by atoms with Crippen molar-refractivity contribution in [3.63, 3.8) is 0 Å². The molecule has 0 radical (unpaired) electrons. The Labute approximate surface area is 105 Å². The van der Waals surface area contributed by atoms with Crippen molar-refractivity contribution in [2.24, 2.45) is 0 Å². The average molecular weight is 239 g/mol. The Morgan fingerprint density at radius 1 is 1.06 bits per heavy atom. The molecule has 0 saturated carbocycles. The van der Waals surface area contributed by atoms with Crippen LogP contribution in [0.3, 0.4) is 0 Å². The van der Waals surface area contributed by atoms with E-state index >= 15 is 0 Å². The van der Waals surface area contributed by atoms with Crippen molar-refractivity contribution >= 4 is 22.3 Å². The fourth-order valence-electron chi connectivity index (χ4n) is 1.86. The van der Waals surface area contributed by atoms with Crippen molar-refractivity contribution in [3.05, 3.63) is 48.7 Å². The van der Waals surface area contributed by atoms with Gasteiger partial charge in [0.25, 0.3) is 0 Å². The Morgan fingerprint density at radius 3 is 2.61 bits per heavy atom. The molecule has 3 rings (SSSR count). The molecule has 0 aliphatic heterocycles. The van der Waals surface area contributed by atoms with Crippen LogP contribution in [0.25, 0.3) is 10.9 Å². The number of fused-ring (bicyclic) bond motifs is 1. The summed E-state index contributed by atoms with van der Waals surface area (Å²) in [7, 11) is 1.66. The van der Waals surface area contributed by atoms with Gasteiger partial charge in [0.05, 0.1) is 18.8 Å². The van der Waals surface area contributed by atoms with Gasteiger partial charge in [-0.25, -0.2) is 0 Å². The second-order valence-corrected chi connectivity index (χ2v) is 4.03. The van der Waals surface area contributed by atoms with Gasteiger partial charge in [-0.1, -0.05) is 0 Å². The van der Waals surface area contributed by atoms with Crippen molar-refractivity contribution < 1.29 is 4.74 Å². The minimum atomic E-state index is 0.853. The summed E-state index contributed by atoms with van der Waals surface area (Å²) in [5.74, 6) is 0.853. The van der Waals surface area contributed by atoms with Gasteiger partial charge in [-0.3, -0.25) is 5.10 Å². The summed E-state index contributed by atoms with van der Waals surface area (Å²) in [6.07, 6.45) is 1.81. The lowest BCUT2D eigenvalue weighted by Gasteiger charge is -2.07. The van der Waals surface area contributed by atoms with Gasteiger partial charge in [-0.15, -0.1) is 0 Å². The zero-order valence-electron chi connectivity index (χ0n) is 9.97. The monoisotopic (exact) mass is 239 g/mol. The summed E-state index contributed by atoms with van der Waals surface area (Å²) < 4.78 is 5.13. The number of hydrogen-bond donors (Lipinski definition) is 2. The van der Waals surface area contributed by atoms with Crippen LogP contribution in [-0.4, -0.2) is 17.3 Å². The third kappa shape index (κ3) is 2.00. The van der Waals surface area contributed by atoms with E-state index in [1.807, 2.05) is 42.6 Å². The SMILES string of the molecule is COc1ccc(Nc2ccc3[nH]ncc3c2)cc1. The molecule has 0 fully saturated rings. The molecule has 4 heteroatoms. The Balaban J connectivity index is 1.85. The summed E-state index contributed by atoms with van der Waals surface area (Å²) in [5.41, 5.74) is 3.10. The summed E-state index contributed by atoms with van der Waals surface area (Å²) in [5, 5.41) is 11.4. The fraction of sp³-hybridized carbons (Fsp3) is 0.0714. The van der Waals surface area contributed by atoms with Crippen LogP contribution >= 0.6 is 0 Å². The van der Waals surface area contributed by atoms with Crippen LogP contribution in [0.1, 0.15) is 0 Å².